The van der Waals surface area contributed by atoms with Crippen LogP contribution in [0.25, 0.3) is 0 Å². The van der Waals surface area contributed by atoms with Crippen LogP contribution in [-0.2, 0) is 25.6 Å². The van der Waals surface area contributed by atoms with Crippen molar-refractivity contribution in [1.29, 1.82) is 0 Å². The van der Waals surface area contributed by atoms with Crippen LogP contribution >= 0.6 is 12.6 Å². The second kappa shape index (κ2) is 13.7. The predicted octanol–water partition coefficient (Wildman–Crippen LogP) is -1.23. The number of nitrogens with two attached hydrogens (primary N) is 1. The number of phenols is 1. The Morgan fingerprint density at radius 1 is 1.00 bits per heavy atom. The Morgan fingerprint density at radius 3 is 2.03 bits per heavy atom. The first-order valence-electron chi connectivity index (χ1n) is 10.4. The molecule has 0 aliphatic carbocycles. The number of benzene rings is 1. The van der Waals surface area contributed by atoms with E-state index in [9.17, 15) is 34.5 Å². The number of hydrogen-bond donors (Lipinski definition) is 8. The zero-order valence-corrected chi connectivity index (χ0v) is 19.4. The van der Waals surface area contributed by atoms with Gasteiger partial charge in [-0.25, -0.2) is 4.79 Å². The van der Waals surface area contributed by atoms with Crippen molar-refractivity contribution in [1.82, 2.24) is 16.0 Å². The van der Waals surface area contributed by atoms with Crippen molar-refractivity contribution in [3.63, 3.8) is 0 Å². The van der Waals surface area contributed by atoms with Crippen LogP contribution in [0, 0.1) is 5.92 Å². The number of carbonyl (C=O) groups excluding carboxylic acids is 3. The third kappa shape index (κ3) is 8.91. The van der Waals surface area contributed by atoms with Gasteiger partial charge in [-0.1, -0.05) is 32.4 Å². The van der Waals surface area contributed by atoms with Gasteiger partial charge in [0.15, 0.2) is 0 Å². The largest absolute Gasteiger partial charge is 0.508 e. The van der Waals surface area contributed by atoms with Gasteiger partial charge in [0.2, 0.25) is 17.7 Å². The van der Waals surface area contributed by atoms with Crippen LogP contribution in [0.5, 0.6) is 5.75 Å². The van der Waals surface area contributed by atoms with E-state index in [0.29, 0.717) is 12.0 Å². The lowest BCUT2D eigenvalue weighted by atomic mass is 9.99. The van der Waals surface area contributed by atoms with Crippen LogP contribution < -0.4 is 21.7 Å². The normalized spacial score (nSPS) is 15.4. The number of carboxylic acids is 1. The van der Waals surface area contributed by atoms with Gasteiger partial charge < -0.3 is 37.0 Å². The van der Waals surface area contributed by atoms with Gasteiger partial charge in [-0.05, 0) is 30.0 Å². The molecule has 184 valence electrons. The van der Waals surface area contributed by atoms with Gasteiger partial charge in [-0.3, -0.25) is 14.4 Å². The summed E-state index contributed by atoms with van der Waals surface area (Å²) in [6, 6.07) is 1.33. The number of hydrogen-bond acceptors (Lipinski definition) is 8. The van der Waals surface area contributed by atoms with E-state index in [1.807, 2.05) is 0 Å². The van der Waals surface area contributed by atoms with E-state index >= 15 is 0 Å². The van der Waals surface area contributed by atoms with Crippen LogP contribution in [0.2, 0.25) is 0 Å². The summed E-state index contributed by atoms with van der Waals surface area (Å²) in [6.07, 6.45) is 0.637. The Bertz CT molecular complexity index is 821. The fourth-order valence-corrected chi connectivity index (χ4v) is 3.11. The molecular weight excluding hydrogens is 452 g/mol. The Balaban J connectivity index is 2.73. The Kier molecular flexibility index (Phi) is 11.7. The van der Waals surface area contributed by atoms with Gasteiger partial charge >= 0.3 is 5.97 Å². The molecule has 1 aromatic carbocycles. The summed E-state index contributed by atoms with van der Waals surface area (Å²) in [5.41, 5.74) is 6.55. The average Bonchev–Trinajstić information content (AvgIpc) is 2.79. The standard InChI is InChI=1S/C21H32N4O7S/c1-3-11(2)17(21(31)32)25-20(30)16(10-33)24-19(29)15(9-26)23-18(28)14(22)8-12-4-6-13(27)7-5-12/h4-7,11,14-17,26-27,33H,3,8-10,22H2,1-2H3,(H,23,28)(H,24,29)(H,25,30)(H,31,32). The van der Waals surface area contributed by atoms with Gasteiger partial charge in [0.1, 0.15) is 23.9 Å². The molecule has 5 unspecified atom stereocenters. The summed E-state index contributed by atoms with van der Waals surface area (Å²) in [7, 11) is 0. The topological polar surface area (TPSA) is 191 Å². The molecule has 12 heteroatoms. The summed E-state index contributed by atoms with van der Waals surface area (Å²) in [6.45, 7) is 2.70. The minimum absolute atomic E-state index is 0.0652. The van der Waals surface area contributed by atoms with Gasteiger partial charge in [0, 0.05) is 5.75 Å². The lowest BCUT2D eigenvalue weighted by Gasteiger charge is -2.25. The fraction of sp³-hybridized carbons (Fsp3) is 0.524. The number of rotatable bonds is 13. The minimum atomic E-state index is -1.39. The van der Waals surface area contributed by atoms with Gasteiger partial charge in [-0.15, -0.1) is 0 Å². The molecule has 11 nitrogen and oxygen atoms in total. The second-order valence-electron chi connectivity index (χ2n) is 7.67. The van der Waals surface area contributed by atoms with Crippen molar-refractivity contribution in [3.8, 4) is 5.75 Å². The van der Waals surface area contributed by atoms with Gasteiger partial charge in [0.25, 0.3) is 0 Å². The molecule has 1 aromatic rings. The zero-order valence-electron chi connectivity index (χ0n) is 18.5. The molecule has 0 aromatic heterocycles. The summed E-state index contributed by atoms with van der Waals surface area (Å²) in [5.74, 6) is -3.93. The highest BCUT2D eigenvalue weighted by Crippen LogP contribution is 2.11. The van der Waals surface area contributed by atoms with E-state index in [1.165, 1.54) is 12.1 Å². The molecular formula is C21H32N4O7S. The van der Waals surface area contributed by atoms with Crippen molar-refractivity contribution in [2.24, 2.45) is 11.7 Å². The van der Waals surface area contributed by atoms with E-state index in [1.54, 1.807) is 26.0 Å². The molecule has 0 radical (unpaired) electrons. The van der Waals surface area contributed by atoms with Crippen molar-refractivity contribution >= 4 is 36.3 Å². The summed E-state index contributed by atoms with van der Waals surface area (Å²) in [4.78, 5) is 48.8. The Hall–Kier alpha value is -2.83. The first kappa shape index (κ1) is 28.2. The lowest BCUT2D eigenvalue weighted by Crippen LogP contribution is -2.59. The molecule has 5 atom stereocenters. The van der Waals surface area contributed by atoms with Crippen LogP contribution in [-0.4, -0.2) is 75.5 Å². The minimum Gasteiger partial charge on any atom is -0.508 e. The van der Waals surface area contributed by atoms with E-state index < -0.39 is 54.5 Å². The van der Waals surface area contributed by atoms with Crippen molar-refractivity contribution in [2.75, 3.05) is 12.4 Å². The molecule has 0 fully saturated rings. The predicted molar refractivity (Wildman–Crippen MR) is 124 cm³/mol. The number of aliphatic hydroxyl groups is 1. The van der Waals surface area contributed by atoms with Crippen molar-refractivity contribution < 1.29 is 34.5 Å². The average molecular weight is 485 g/mol. The zero-order chi connectivity index (χ0) is 25.1. The lowest BCUT2D eigenvalue weighted by molar-refractivity contribution is -0.143. The highest BCUT2D eigenvalue weighted by molar-refractivity contribution is 7.80. The number of carboxylic acid groups (broad SMARTS) is 1. The Labute approximate surface area is 197 Å². The number of carbonyl (C=O) groups is 4. The quantitative estimate of drug-likeness (QED) is 0.160. The summed E-state index contributed by atoms with van der Waals surface area (Å²) < 4.78 is 0. The second-order valence-corrected chi connectivity index (χ2v) is 8.04. The molecule has 0 saturated heterocycles. The van der Waals surface area contributed by atoms with Crippen LogP contribution in [0.4, 0.5) is 0 Å². The number of thiol groups is 1. The molecule has 8 N–H and O–H groups in total. The van der Waals surface area contributed by atoms with Crippen molar-refractivity contribution in [3.05, 3.63) is 29.8 Å². The molecule has 0 aliphatic rings. The number of aliphatic carboxylic acids is 1. The van der Waals surface area contributed by atoms with Crippen LogP contribution in [0.1, 0.15) is 25.8 Å². The molecule has 3 amide bonds. The first-order valence-corrected chi connectivity index (χ1v) is 11.1. The SMILES string of the molecule is CCC(C)C(NC(=O)C(CS)NC(=O)C(CO)NC(=O)C(N)Cc1ccc(O)cc1)C(=O)O. The van der Waals surface area contributed by atoms with Crippen molar-refractivity contribution in [2.45, 2.75) is 50.9 Å². The molecule has 0 heterocycles. The number of aliphatic hydroxyl groups excluding tert-OH is 1. The molecule has 0 aliphatic heterocycles. The van der Waals surface area contributed by atoms with E-state index in [-0.39, 0.29) is 23.8 Å². The van der Waals surface area contributed by atoms with Crippen LogP contribution in [0.15, 0.2) is 24.3 Å². The van der Waals surface area contributed by atoms with E-state index in [2.05, 4.69) is 28.6 Å². The van der Waals surface area contributed by atoms with E-state index in [0.717, 1.165) is 0 Å². The molecule has 0 bridgehead atoms. The number of amides is 3. The fourth-order valence-electron chi connectivity index (χ4n) is 2.85. The van der Waals surface area contributed by atoms with E-state index in [4.69, 9.17) is 5.73 Å². The monoisotopic (exact) mass is 484 g/mol. The molecule has 1 rings (SSSR count). The third-order valence-corrected chi connectivity index (χ3v) is 5.50. The number of nitrogens with one attached hydrogen (secondary N) is 3. The van der Waals surface area contributed by atoms with Gasteiger partial charge in [0.05, 0.1) is 12.6 Å². The number of aromatic hydroxyl groups is 1. The maximum atomic E-state index is 12.5. The van der Waals surface area contributed by atoms with Gasteiger partial charge in [-0.2, -0.15) is 12.6 Å². The number of phenolic OH excluding ortho intramolecular Hbond substituents is 1. The molecule has 33 heavy (non-hydrogen) atoms. The molecule has 0 saturated carbocycles. The molecule has 0 spiro atoms. The summed E-state index contributed by atoms with van der Waals surface area (Å²) in [5, 5.41) is 35.3. The Morgan fingerprint density at radius 2 is 1.55 bits per heavy atom. The van der Waals surface area contributed by atoms with Crippen LogP contribution in [0.3, 0.4) is 0 Å². The maximum Gasteiger partial charge on any atom is 0.326 e. The summed E-state index contributed by atoms with van der Waals surface area (Å²) >= 11 is 4.03. The maximum absolute atomic E-state index is 12.5. The highest BCUT2D eigenvalue weighted by Gasteiger charge is 2.31. The highest BCUT2D eigenvalue weighted by atomic mass is 32.1. The smallest absolute Gasteiger partial charge is 0.326 e. The third-order valence-electron chi connectivity index (χ3n) is 5.14. The first-order chi connectivity index (χ1) is 15.5.